The average Bonchev–Trinajstić information content (AvgIpc) is 3.17. The number of nitrogens with zero attached hydrogens (tertiary/aromatic N) is 4. The molecule has 4 rings (SSSR count). The number of aromatic nitrogens is 1. The van der Waals surface area contributed by atoms with Crippen LogP contribution < -0.4 is 9.64 Å². The number of anilines is 1. The van der Waals surface area contributed by atoms with E-state index in [1.54, 1.807) is 24.3 Å². The van der Waals surface area contributed by atoms with Gasteiger partial charge in [-0.05, 0) is 44.2 Å². The molecular weight excluding hydrogens is 404 g/mol. The van der Waals surface area contributed by atoms with Crippen molar-refractivity contribution >= 4 is 38.3 Å². The zero-order chi connectivity index (χ0) is 21.3. The highest BCUT2D eigenvalue weighted by Crippen LogP contribution is 2.32. The van der Waals surface area contributed by atoms with Crippen LogP contribution in [0.15, 0.2) is 42.5 Å². The summed E-state index contributed by atoms with van der Waals surface area (Å²) in [6, 6.07) is 12.0. The zero-order valence-electron chi connectivity index (χ0n) is 16.8. The molecule has 1 amide bonds. The summed E-state index contributed by atoms with van der Waals surface area (Å²) in [5.74, 6) is 0.758. The van der Waals surface area contributed by atoms with E-state index in [1.165, 1.54) is 17.4 Å². The van der Waals surface area contributed by atoms with E-state index in [1.807, 2.05) is 30.9 Å². The van der Waals surface area contributed by atoms with E-state index >= 15 is 0 Å². The maximum Gasteiger partial charge on any atom is 0.270 e. The Kier molecular flexibility index (Phi) is 5.54. The summed E-state index contributed by atoms with van der Waals surface area (Å²) in [6.07, 6.45) is 0.0910. The normalized spacial score (nSPS) is 14.4. The quantitative estimate of drug-likeness (QED) is 0.453. The smallest absolute Gasteiger partial charge is 0.270 e. The first kappa shape index (κ1) is 20.1. The second kappa shape index (κ2) is 8.27. The number of nitro groups is 1. The highest BCUT2D eigenvalue weighted by atomic mass is 32.1. The Balaban J connectivity index is 1.40. The minimum atomic E-state index is -0.398. The summed E-state index contributed by atoms with van der Waals surface area (Å²) in [6.45, 7) is 6.46. The molecule has 0 N–H and O–H groups in total. The van der Waals surface area contributed by atoms with Crippen molar-refractivity contribution in [1.82, 2.24) is 9.88 Å². The molecule has 1 aliphatic heterocycles. The van der Waals surface area contributed by atoms with Crippen LogP contribution in [0.3, 0.4) is 0 Å². The van der Waals surface area contributed by atoms with Gasteiger partial charge in [-0.25, -0.2) is 4.98 Å². The first-order valence-corrected chi connectivity index (χ1v) is 10.6. The Labute approximate surface area is 177 Å². The van der Waals surface area contributed by atoms with Crippen molar-refractivity contribution < 1.29 is 14.5 Å². The number of hydrogen-bond donors (Lipinski definition) is 0. The van der Waals surface area contributed by atoms with Gasteiger partial charge in [0.25, 0.3) is 11.6 Å². The lowest BCUT2D eigenvalue weighted by Crippen LogP contribution is -2.48. The predicted molar refractivity (Wildman–Crippen MR) is 117 cm³/mol. The molecule has 0 radical (unpaired) electrons. The van der Waals surface area contributed by atoms with Gasteiger partial charge in [-0.2, -0.15) is 0 Å². The van der Waals surface area contributed by atoms with Gasteiger partial charge in [-0.15, -0.1) is 0 Å². The number of rotatable bonds is 5. The highest BCUT2D eigenvalue weighted by molar-refractivity contribution is 7.22. The molecule has 8 nitrogen and oxygen atoms in total. The largest absolute Gasteiger partial charge is 0.491 e. The number of nitro benzene ring substituents is 1. The SMILES string of the molecule is CC(C)Oc1ccc(C(=O)N2CCN(c3nc4ccc([N+](=O)[O-])cc4s3)CC2)cc1. The minimum Gasteiger partial charge on any atom is -0.491 e. The first-order valence-electron chi connectivity index (χ1n) is 9.76. The van der Waals surface area contributed by atoms with Crippen LogP contribution in [0.1, 0.15) is 24.2 Å². The fourth-order valence-corrected chi connectivity index (χ4v) is 4.43. The van der Waals surface area contributed by atoms with E-state index in [9.17, 15) is 14.9 Å². The molecule has 30 heavy (non-hydrogen) atoms. The Morgan fingerprint density at radius 2 is 1.83 bits per heavy atom. The van der Waals surface area contributed by atoms with E-state index in [2.05, 4.69) is 9.88 Å². The second-order valence-corrected chi connectivity index (χ2v) is 8.38. The summed E-state index contributed by atoms with van der Waals surface area (Å²) < 4.78 is 6.42. The molecule has 1 aliphatic rings. The van der Waals surface area contributed by atoms with Crippen molar-refractivity contribution in [3.8, 4) is 5.75 Å². The van der Waals surface area contributed by atoms with Crippen LogP contribution in [-0.2, 0) is 0 Å². The van der Waals surface area contributed by atoms with Gasteiger partial charge in [0.15, 0.2) is 5.13 Å². The number of hydrogen-bond acceptors (Lipinski definition) is 7. The average molecular weight is 426 g/mol. The van der Waals surface area contributed by atoms with Crippen LogP contribution in [0.4, 0.5) is 10.8 Å². The van der Waals surface area contributed by atoms with Gasteiger partial charge in [-0.1, -0.05) is 11.3 Å². The maximum atomic E-state index is 12.8. The molecule has 156 valence electrons. The monoisotopic (exact) mass is 426 g/mol. The lowest BCUT2D eigenvalue weighted by Gasteiger charge is -2.34. The van der Waals surface area contributed by atoms with Crippen molar-refractivity contribution in [2.45, 2.75) is 20.0 Å². The molecule has 0 unspecified atom stereocenters. The molecule has 0 bridgehead atoms. The number of thiazole rings is 1. The molecule has 1 saturated heterocycles. The predicted octanol–water partition coefficient (Wildman–Crippen LogP) is 3.95. The molecule has 1 fully saturated rings. The molecule has 0 spiro atoms. The van der Waals surface area contributed by atoms with Crippen molar-refractivity contribution in [2.75, 3.05) is 31.1 Å². The standard InChI is InChI=1S/C21H22N4O4S/c1-14(2)29-17-6-3-15(4-7-17)20(26)23-9-11-24(12-10-23)21-22-18-8-5-16(25(27)28)13-19(18)30-21/h3-8,13-14H,9-12H2,1-2H3. The number of benzene rings is 2. The van der Waals surface area contributed by atoms with Gasteiger partial charge in [0, 0.05) is 43.9 Å². The number of fused-ring (bicyclic) bond motifs is 1. The molecule has 3 aromatic rings. The maximum absolute atomic E-state index is 12.8. The molecular formula is C21H22N4O4S. The van der Waals surface area contributed by atoms with Crippen molar-refractivity contribution in [3.63, 3.8) is 0 Å². The molecule has 0 saturated carbocycles. The van der Waals surface area contributed by atoms with Crippen LogP contribution in [0.2, 0.25) is 0 Å². The Morgan fingerprint density at radius 3 is 2.47 bits per heavy atom. The van der Waals surface area contributed by atoms with E-state index in [0.717, 1.165) is 21.1 Å². The summed E-state index contributed by atoms with van der Waals surface area (Å²) in [5, 5.41) is 11.8. The van der Waals surface area contributed by atoms with Gasteiger partial charge in [0.1, 0.15) is 5.75 Å². The number of non-ortho nitro benzene ring substituents is 1. The third kappa shape index (κ3) is 4.20. The molecule has 2 aromatic carbocycles. The van der Waals surface area contributed by atoms with Gasteiger partial charge in [0.05, 0.1) is 21.2 Å². The molecule has 1 aromatic heterocycles. The van der Waals surface area contributed by atoms with Gasteiger partial charge < -0.3 is 14.5 Å². The topological polar surface area (TPSA) is 88.8 Å². The number of ether oxygens (including phenoxy) is 1. The highest BCUT2D eigenvalue weighted by Gasteiger charge is 2.24. The second-order valence-electron chi connectivity index (χ2n) is 7.38. The summed E-state index contributed by atoms with van der Waals surface area (Å²) in [7, 11) is 0. The third-order valence-corrected chi connectivity index (χ3v) is 5.96. The summed E-state index contributed by atoms with van der Waals surface area (Å²) in [5.41, 5.74) is 1.47. The van der Waals surface area contributed by atoms with Crippen LogP contribution >= 0.6 is 11.3 Å². The van der Waals surface area contributed by atoms with Gasteiger partial charge in [0.2, 0.25) is 0 Å². The number of piperazine rings is 1. The van der Waals surface area contributed by atoms with Crippen LogP contribution in [0.25, 0.3) is 10.2 Å². The lowest BCUT2D eigenvalue weighted by molar-refractivity contribution is -0.384. The molecule has 2 heterocycles. The van der Waals surface area contributed by atoms with Crippen molar-refractivity contribution in [1.29, 1.82) is 0 Å². The molecule has 9 heteroatoms. The van der Waals surface area contributed by atoms with Crippen molar-refractivity contribution in [2.24, 2.45) is 0 Å². The van der Waals surface area contributed by atoms with Gasteiger partial charge in [-0.3, -0.25) is 14.9 Å². The summed E-state index contributed by atoms with van der Waals surface area (Å²) >= 11 is 1.44. The first-order chi connectivity index (χ1) is 14.4. The van der Waals surface area contributed by atoms with E-state index < -0.39 is 4.92 Å². The lowest BCUT2D eigenvalue weighted by atomic mass is 10.1. The number of carbonyl (C=O) groups is 1. The summed E-state index contributed by atoms with van der Waals surface area (Å²) in [4.78, 5) is 31.9. The molecule has 0 atom stereocenters. The van der Waals surface area contributed by atoms with Crippen molar-refractivity contribution in [3.05, 3.63) is 58.1 Å². The van der Waals surface area contributed by atoms with E-state index in [-0.39, 0.29) is 17.7 Å². The number of carbonyl (C=O) groups excluding carboxylic acids is 1. The fraction of sp³-hybridized carbons (Fsp3) is 0.333. The minimum absolute atomic E-state index is 0.00525. The van der Waals surface area contributed by atoms with Crippen LogP contribution in [0, 0.1) is 10.1 Å². The Morgan fingerprint density at radius 1 is 1.13 bits per heavy atom. The Hall–Kier alpha value is -3.20. The van der Waals surface area contributed by atoms with E-state index in [0.29, 0.717) is 31.7 Å². The zero-order valence-corrected chi connectivity index (χ0v) is 17.6. The number of amides is 1. The fourth-order valence-electron chi connectivity index (χ4n) is 3.38. The van der Waals surface area contributed by atoms with Crippen LogP contribution in [-0.4, -0.2) is 53.0 Å². The van der Waals surface area contributed by atoms with Gasteiger partial charge >= 0.3 is 0 Å². The third-order valence-electron chi connectivity index (χ3n) is 4.88. The van der Waals surface area contributed by atoms with E-state index in [4.69, 9.17) is 4.74 Å². The van der Waals surface area contributed by atoms with Crippen LogP contribution in [0.5, 0.6) is 5.75 Å². The Bertz CT molecular complexity index is 1070. The molecule has 0 aliphatic carbocycles.